The molecule has 118 valence electrons. The lowest BCUT2D eigenvalue weighted by Crippen LogP contribution is -2.46. The van der Waals surface area contributed by atoms with E-state index in [1.165, 1.54) is 6.07 Å². The molecule has 0 aliphatic carbocycles. The molecule has 1 aromatic carbocycles. The first-order valence-corrected chi connectivity index (χ1v) is 6.89. The molecule has 0 amide bonds. The minimum Gasteiger partial charge on any atom is -0.480 e. The highest BCUT2D eigenvalue weighted by molar-refractivity contribution is 6.31. The maximum Gasteiger partial charge on any atom is 0.317 e. The van der Waals surface area contributed by atoms with Crippen molar-refractivity contribution in [1.29, 1.82) is 0 Å². The minimum absolute atomic E-state index is 0. The van der Waals surface area contributed by atoms with Crippen LogP contribution in [0.25, 0.3) is 0 Å². The van der Waals surface area contributed by atoms with Gasteiger partial charge in [-0.05, 0) is 25.5 Å². The Kier molecular flexibility index (Phi) is 6.41. The lowest BCUT2D eigenvalue weighted by molar-refractivity contribution is -0.136. The van der Waals surface area contributed by atoms with Gasteiger partial charge in [-0.15, -0.1) is 12.4 Å². The van der Waals surface area contributed by atoms with Gasteiger partial charge in [-0.3, -0.25) is 9.69 Å². The number of halogens is 3. The van der Waals surface area contributed by atoms with Gasteiger partial charge < -0.3 is 10.4 Å². The first kappa shape index (κ1) is 18.2. The van der Waals surface area contributed by atoms with Crippen molar-refractivity contribution in [2.45, 2.75) is 25.4 Å². The number of aliphatic carboxylic acids is 1. The van der Waals surface area contributed by atoms with E-state index in [4.69, 9.17) is 16.7 Å². The highest BCUT2D eigenvalue weighted by atomic mass is 35.5. The number of carboxylic acids is 1. The molecular weight excluding hydrogens is 318 g/mol. The molecule has 0 aromatic heterocycles. The van der Waals surface area contributed by atoms with Gasteiger partial charge in [-0.2, -0.15) is 0 Å². The predicted molar refractivity (Wildman–Crippen MR) is 82.6 cm³/mol. The summed E-state index contributed by atoms with van der Waals surface area (Å²) in [6, 6.07) is 4.67. The average Bonchev–Trinajstić information content (AvgIpc) is 2.74. The summed E-state index contributed by atoms with van der Waals surface area (Å²) < 4.78 is 13.7. The van der Waals surface area contributed by atoms with E-state index in [2.05, 4.69) is 10.2 Å². The molecule has 1 atom stereocenters. The first-order chi connectivity index (χ1) is 9.39. The van der Waals surface area contributed by atoms with Gasteiger partial charge in [0, 0.05) is 35.8 Å². The second kappa shape index (κ2) is 7.40. The Bertz CT molecular complexity index is 495. The van der Waals surface area contributed by atoms with Gasteiger partial charge in [-0.25, -0.2) is 4.39 Å². The highest BCUT2D eigenvalue weighted by Gasteiger charge is 2.34. The molecule has 0 spiro atoms. The fraction of sp³-hybridized carbons (Fsp3) is 0.500. The number of carboxylic acid groups (broad SMARTS) is 1. The van der Waals surface area contributed by atoms with Crippen LogP contribution in [0.4, 0.5) is 4.39 Å². The Balaban J connectivity index is 0.00000220. The fourth-order valence-electron chi connectivity index (χ4n) is 2.53. The third kappa shape index (κ3) is 4.81. The molecule has 1 aromatic rings. The normalized spacial score (nSPS) is 22.0. The average molecular weight is 337 g/mol. The molecule has 0 saturated carbocycles. The zero-order valence-corrected chi connectivity index (χ0v) is 13.3. The Morgan fingerprint density at radius 2 is 2.29 bits per heavy atom. The van der Waals surface area contributed by atoms with Crippen LogP contribution < -0.4 is 5.32 Å². The third-order valence-corrected chi connectivity index (χ3v) is 4.02. The van der Waals surface area contributed by atoms with E-state index in [-0.39, 0.29) is 30.3 Å². The quantitative estimate of drug-likeness (QED) is 0.867. The van der Waals surface area contributed by atoms with Gasteiger partial charge in [0.25, 0.3) is 0 Å². The summed E-state index contributed by atoms with van der Waals surface area (Å²) >= 11 is 6.02. The lowest BCUT2D eigenvalue weighted by atomic mass is 10.0. The van der Waals surface area contributed by atoms with Crippen LogP contribution in [0.15, 0.2) is 18.2 Å². The van der Waals surface area contributed by atoms with Crippen LogP contribution in [0.2, 0.25) is 5.02 Å². The van der Waals surface area contributed by atoms with E-state index >= 15 is 0 Å². The van der Waals surface area contributed by atoms with E-state index in [0.717, 1.165) is 13.0 Å². The molecule has 1 heterocycles. The van der Waals surface area contributed by atoms with Crippen LogP contribution in [0.1, 0.15) is 18.9 Å². The Morgan fingerprint density at radius 1 is 1.57 bits per heavy atom. The molecule has 21 heavy (non-hydrogen) atoms. The van der Waals surface area contributed by atoms with Crippen LogP contribution in [0, 0.1) is 5.82 Å². The molecule has 2 N–H and O–H groups in total. The lowest BCUT2D eigenvalue weighted by Gasteiger charge is -2.25. The molecule has 1 aliphatic heterocycles. The number of hydrogen-bond acceptors (Lipinski definition) is 3. The number of likely N-dealkylation sites (tertiary alicyclic amines) is 1. The van der Waals surface area contributed by atoms with E-state index in [9.17, 15) is 9.18 Å². The Morgan fingerprint density at radius 3 is 2.90 bits per heavy atom. The van der Waals surface area contributed by atoms with Gasteiger partial charge in [-0.1, -0.05) is 17.7 Å². The summed E-state index contributed by atoms with van der Waals surface area (Å²) in [5.74, 6) is -1.17. The molecular formula is C14H19Cl2FN2O2. The summed E-state index contributed by atoms with van der Waals surface area (Å²) in [4.78, 5) is 12.7. The number of hydrogen-bond donors (Lipinski definition) is 2. The second-order valence-electron chi connectivity index (χ2n) is 5.47. The van der Waals surface area contributed by atoms with Crippen molar-refractivity contribution >= 4 is 30.0 Å². The van der Waals surface area contributed by atoms with Crippen LogP contribution in [-0.2, 0) is 11.3 Å². The smallest absolute Gasteiger partial charge is 0.317 e. The van der Waals surface area contributed by atoms with Crippen LogP contribution >= 0.6 is 24.0 Å². The molecule has 7 heteroatoms. The van der Waals surface area contributed by atoms with Crippen LogP contribution in [0.3, 0.4) is 0 Å². The van der Waals surface area contributed by atoms with E-state index in [1.54, 1.807) is 12.1 Å². The monoisotopic (exact) mass is 336 g/mol. The Labute approximate surface area is 134 Å². The van der Waals surface area contributed by atoms with Crippen LogP contribution in [0.5, 0.6) is 0 Å². The molecule has 4 nitrogen and oxygen atoms in total. The van der Waals surface area contributed by atoms with Crippen molar-refractivity contribution in [3.8, 4) is 0 Å². The number of nitrogens with zero attached hydrogens (tertiary/aromatic N) is 1. The fourth-order valence-corrected chi connectivity index (χ4v) is 2.75. The van der Waals surface area contributed by atoms with Crippen molar-refractivity contribution < 1.29 is 14.3 Å². The maximum absolute atomic E-state index is 13.7. The standard InChI is InChI=1S/C14H18ClFN2O2.ClH/c1-14(17-7-13(19)20)5-6-18(9-14)8-10-11(15)3-2-4-12(10)16;/h2-4,17H,5-9H2,1H3,(H,19,20);1H. The zero-order valence-electron chi connectivity index (χ0n) is 11.7. The van der Waals surface area contributed by atoms with Crippen molar-refractivity contribution in [2.75, 3.05) is 19.6 Å². The largest absolute Gasteiger partial charge is 0.480 e. The molecule has 0 bridgehead atoms. The summed E-state index contributed by atoms with van der Waals surface area (Å²) in [5.41, 5.74) is 0.243. The van der Waals surface area contributed by atoms with Crippen molar-refractivity contribution in [3.05, 3.63) is 34.6 Å². The number of rotatable bonds is 5. The third-order valence-electron chi connectivity index (χ3n) is 3.66. The van der Waals surface area contributed by atoms with Crippen molar-refractivity contribution in [3.63, 3.8) is 0 Å². The van der Waals surface area contributed by atoms with Gasteiger partial charge in [0.15, 0.2) is 0 Å². The van der Waals surface area contributed by atoms with Crippen molar-refractivity contribution in [1.82, 2.24) is 10.2 Å². The van der Waals surface area contributed by atoms with Gasteiger partial charge in [0.2, 0.25) is 0 Å². The molecule has 0 radical (unpaired) electrons. The SMILES string of the molecule is CC1(NCC(=O)O)CCN(Cc2c(F)cccc2Cl)C1.Cl. The summed E-state index contributed by atoms with van der Waals surface area (Å²) in [6.45, 7) is 3.82. The van der Waals surface area contributed by atoms with Crippen LogP contribution in [-0.4, -0.2) is 41.1 Å². The summed E-state index contributed by atoms with van der Waals surface area (Å²) in [7, 11) is 0. The predicted octanol–water partition coefficient (Wildman–Crippen LogP) is 2.54. The van der Waals surface area contributed by atoms with Crippen molar-refractivity contribution in [2.24, 2.45) is 0 Å². The van der Waals surface area contributed by atoms with Gasteiger partial charge in [0.1, 0.15) is 5.82 Å². The first-order valence-electron chi connectivity index (χ1n) is 6.52. The van der Waals surface area contributed by atoms with Gasteiger partial charge in [0.05, 0.1) is 6.54 Å². The van der Waals surface area contributed by atoms with Gasteiger partial charge >= 0.3 is 5.97 Å². The molecule has 2 rings (SSSR count). The second-order valence-corrected chi connectivity index (χ2v) is 5.88. The molecule has 1 fully saturated rings. The van der Waals surface area contributed by atoms with E-state index in [1.807, 2.05) is 6.92 Å². The highest BCUT2D eigenvalue weighted by Crippen LogP contribution is 2.26. The number of nitrogens with one attached hydrogen (secondary N) is 1. The topological polar surface area (TPSA) is 52.6 Å². The number of benzene rings is 1. The zero-order chi connectivity index (χ0) is 14.8. The van der Waals surface area contributed by atoms with E-state index < -0.39 is 5.97 Å². The molecule has 1 aliphatic rings. The van der Waals surface area contributed by atoms with E-state index in [0.29, 0.717) is 23.7 Å². The number of carbonyl (C=O) groups is 1. The summed E-state index contributed by atoms with van der Waals surface area (Å²) in [6.07, 6.45) is 0.826. The summed E-state index contributed by atoms with van der Waals surface area (Å²) in [5, 5.41) is 12.2. The maximum atomic E-state index is 13.7. The molecule has 1 saturated heterocycles. The Hall–Kier alpha value is -0.880. The molecule has 1 unspecified atom stereocenters. The minimum atomic E-state index is -0.873.